The lowest BCUT2D eigenvalue weighted by atomic mass is 10.1. The Bertz CT molecular complexity index is 1070. The molecule has 6 nitrogen and oxygen atoms in total. The quantitative estimate of drug-likeness (QED) is 0.559. The lowest BCUT2D eigenvalue weighted by molar-refractivity contribution is 0.0588. The molecule has 2 heterocycles. The van der Waals surface area contributed by atoms with Gasteiger partial charge in [-0.15, -0.1) is 5.10 Å². The number of rotatable bonds is 4. The molecule has 156 valence electrons. The summed E-state index contributed by atoms with van der Waals surface area (Å²) in [6, 6.07) is 14.0. The molecule has 1 amide bonds. The van der Waals surface area contributed by atoms with Crippen LogP contribution in [0.3, 0.4) is 0 Å². The van der Waals surface area contributed by atoms with Gasteiger partial charge in [0.15, 0.2) is 5.69 Å². The van der Waals surface area contributed by atoms with Crippen molar-refractivity contribution in [2.45, 2.75) is 39.7 Å². The predicted octanol–water partition coefficient (Wildman–Crippen LogP) is 4.64. The van der Waals surface area contributed by atoms with E-state index in [1.54, 1.807) is 4.68 Å². The van der Waals surface area contributed by atoms with Crippen LogP contribution < -0.4 is 4.74 Å². The summed E-state index contributed by atoms with van der Waals surface area (Å²) in [6.45, 7) is 7.31. The number of aromatic nitrogens is 3. The fourth-order valence-electron chi connectivity index (χ4n) is 3.72. The number of benzene rings is 2. The summed E-state index contributed by atoms with van der Waals surface area (Å²) in [5, 5.41) is 8.39. The summed E-state index contributed by atoms with van der Waals surface area (Å²) in [7, 11) is 0. The van der Waals surface area contributed by atoms with Gasteiger partial charge in [0.2, 0.25) is 0 Å². The summed E-state index contributed by atoms with van der Waals surface area (Å²) in [5.41, 5.74) is 4.34. The van der Waals surface area contributed by atoms with Crippen LogP contribution in [-0.2, 0) is 0 Å². The number of amides is 1. The lowest BCUT2D eigenvalue weighted by Gasteiger charge is -2.32. The molecule has 1 aliphatic heterocycles. The number of hydrogen-bond donors (Lipinski definition) is 0. The van der Waals surface area contributed by atoms with Gasteiger partial charge in [-0.25, -0.2) is 4.68 Å². The third kappa shape index (κ3) is 4.26. The third-order valence-electron chi connectivity index (χ3n) is 5.52. The van der Waals surface area contributed by atoms with Gasteiger partial charge in [-0.1, -0.05) is 39.3 Å². The molecule has 3 aromatic rings. The molecule has 1 saturated heterocycles. The van der Waals surface area contributed by atoms with Crippen LogP contribution in [0.15, 0.2) is 46.9 Å². The number of likely N-dealkylation sites (tertiary alicyclic amines) is 1. The molecule has 1 aliphatic rings. The minimum Gasteiger partial charge on any atom is -0.490 e. The molecule has 1 aromatic heterocycles. The molecule has 1 fully saturated rings. The molecule has 2 aromatic carbocycles. The van der Waals surface area contributed by atoms with Gasteiger partial charge in [-0.3, -0.25) is 4.79 Å². The summed E-state index contributed by atoms with van der Waals surface area (Å²) >= 11 is 3.47. The predicted molar refractivity (Wildman–Crippen MR) is 119 cm³/mol. The number of piperidine rings is 1. The van der Waals surface area contributed by atoms with Crippen molar-refractivity contribution in [1.82, 2.24) is 19.9 Å². The van der Waals surface area contributed by atoms with E-state index in [4.69, 9.17) is 4.74 Å². The van der Waals surface area contributed by atoms with E-state index in [0.29, 0.717) is 18.8 Å². The van der Waals surface area contributed by atoms with Crippen molar-refractivity contribution in [3.05, 3.63) is 69.5 Å². The summed E-state index contributed by atoms with van der Waals surface area (Å²) in [4.78, 5) is 14.9. The van der Waals surface area contributed by atoms with Crippen molar-refractivity contribution in [2.75, 3.05) is 13.1 Å². The van der Waals surface area contributed by atoms with Crippen LogP contribution in [0.25, 0.3) is 5.69 Å². The molecule has 0 radical (unpaired) electrons. The maximum Gasteiger partial charge on any atom is 0.276 e. The van der Waals surface area contributed by atoms with E-state index in [-0.39, 0.29) is 12.0 Å². The van der Waals surface area contributed by atoms with E-state index in [0.717, 1.165) is 40.0 Å². The number of carbonyl (C=O) groups excluding carboxylic acids is 1. The fourth-order valence-corrected chi connectivity index (χ4v) is 4.11. The first-order valence-electron chi connectivity index (χ1n) is 10.1. The Kier molecular flexibility index (Phi) is 5.90. The van der Waals surface area contributed by atoms with E-state index in [1.165, 1.54) is 5.56 Å². The van der Waals surface area contributed by atoms with Gasteiger partial charge in [0, 0.05) is 30.4 Å². The van der Waals surface area contributed by atoms with Gasteiger partial charge in [0.05, 0.1) is 11.4 Å². The zero-order chi connectivity index (χ0) is 21.3. The van der Waals surface area contributed by atoms with Crippen molar-refractivity contribution in [3.8, 4) is 11.4 Å². The Morgan fingerprint density at radius 2 is 1.87 bits per heavy atom. The number of ether oxygens (including phenoxy) is 1. The molecule has 0 saturated carbocycles. The van der Waals surface area contributed by atoms with Gasteiger partial charge in [-0.2, -0.15) is 0 Å². The van der Waals surface area contributed by atoms with Crippen molar-refractivity contribution in [3.63, 3.8) is 0 Å². The molecule has 30 heavy (non-hydrogen) atoms. The van der Waals surface area contributed by atoms with Crippen LogP contribution in [0.5, 0.6) is 5.75 Å². The largest absolute Gasteiger partial charge is 0.490 e. The molecule has 0 N–H and O–H groups in total. The number of nitrogens with zero attached hydrogens (tertiary/aromatic N) is 4. The molecule has 0 bridgehead atoms. The van der Waals surface area contributed by atoms with Gasteiger partial charge < -0.3 is 9.64 Å². The summed E-state index contributed by atoms with van der Waals surface area (Å²) in [6.07, 6.45) is 1.73. The van der Waals surface area contributed by atoms with Gasteiger partial charge in [0.1, 0.15) is 11.9 Å². The zero-order valence-corrected chi connectivity index (χ0v) is 19.0. The average molecular weight is 469 g/mol. The van der Waals surface area contributed by atoms with E-state index in [2.05, 4.69) is 58.3 Å². The molecule has 0 aliphatic carbocycles. The van der Waals surface area contributed by atoms with Crippen LogP contribution in [-0.4, -0.2) is 45.0 Å². The topological polar surface area (TPSA) is 60.2 Å². The summed E-state index contributed by atoms with van der Waals surface area (Å²) in [5.74, 6) is 0.867. The maximum absolute atomic E-state index is 13.1. The van der Waals surface area contributed by atoms with Crippen LogP contribution in [0.1, 0.15) is 40.2 Å². The Labute approximate surface area is 185 Å². The van der Waals surface area contributed by atoms with Crippen molar-refractivity contribution in [1.29, 1.82) is 0 Å². The monoisotopic (exact) mass is 468 g/mol. The minimum absolute atomic E-state index is 0.0704. The highest BCUT2D eigenvalue weighted by molar-refractivity contribution is 9.10. The molecule has 0 unspecified atom stereocenters. The van der Waals surface area contributed by atoms with Gasteiger partial charge >= 0.3 is 0 Å². The second-order valence-corrected chi connectivity index (χ2v) is 8.71. The highest BCUT2D eigenvalue weighted by atomic mass is 79.9. The first-order chi connectivity index (χ1) is 14.4. The first kappa shape index (κ1) is 20.6. The normalized spacial score (nSPS) is 14.7. The van der Waals surface area contributed by atoms with Gasteiger partial charge in [-0.05, 0) is 56.2 Å². The van der Waals surface area contributed by atoms with E-state index < -0.39 is 0 Å². The van der Waals surface area contributed by atoms with Crippen molar-refractivity contribution >= 4 is 21.8 Å². The second-order valence-electron chi connectivity index (χ2n) is 7.79. The maximum atomic E-state index is 13.1. The smallest absolute Gasteiger partial charge is 0.276 e. The highest BCUT2D eigenvalue weighted by Gasteiger charge is 2.28. The van der Waals surface area contributed by atoms with Crippen LogP contribution in [0.4, 0.5) is 0 Å². The molecular formula is C23H25BrN4O2. The number of hydrogen-bond acceptors (Lipinski definition) is 4. The Morgan fingerprint density at radius 3 is 2.60 bits per heavy atom. The number of aryl methyl sites for hydroxylation is 2. The van der Waals surface area contributed by atoms with E-state index in [1.807, 2.05) is 36.1 Å². The van der Waals surface area contributed by atoms with Crippen molar-refractivity contribution in [2.24, 2.45) is 0 Å². The zero-order valence-electron chi connectivity index (χ0n) is 17.4. The van der Waals surface area contributed by atoms with Gasteiger partial charge in [0.25, 0.3) is 5.91 Å². The molecule has 0 spiro atoms. The molecule has 4 rings (SSSR count). The van der Waals surface area contributed by atoms with Crippen LogP contribution in [0, 0.1) is 20.8 Å². The molecule has 0 atom stereocenters. The van der Waals surface area contributed by atoms with Crippen LogP contribution >= 0.6 is 15.9 Å². The van der Waals surface area contributed by atoms with Crippen LogP contribution in [0.2, 0.25) is 0 Å². The average Bonchev–Trinajstić information content (AvgIpc) is 3.12. The van der Waals surface area contributed by atoms with Crippen molar-refractivity contribution < 1.29 is 9.53 Å². The fraction of sp³-hybridized carbons (Fsp3) is 0.348. The highest BCUT2D eigenvalue weighted by Crippen LogP contribution is 2.25. The lowest BCUT2D eigenvalue weighted by Crippen LogP contribution is -2.42. The Balaban J connectivity index is 1.42. The SMILES string of the molecule is Cc1ccc(C)c(OC2CCN(C(=O)c3nnn(-c4cccc(Br)c4)c3C)CC2)c1. The van der Waals surface area contributed by atoms with E-state index in [9.17, 15) is 4.79 Å². The summed E-state index contributed by atoms with van der Waals surface area (Å²) < 4.78 is 8.88. The Morgan fingerprint density at radius 1 is 1.10 bits per heavy atom. The third-order valence-corrected chi connectivity index (χ3v) is 6.01. The molecular weight excluding hydrogens is 444 g/mol. The Hall–Kier alpha value is -2.67. The standard InChI is InChI=1S/C23H25BrN4O2/c1-15-7-8-16(2)21(13-15)30-20-9-11-27(12-10-20)23(29)22-17(3)28(26-25-22)19-6-4-5-18(24)14-19/h4-8,13-14,20H,9-12H2,1-3H3. The second kappa shape index (κ2) is 8.60. The molecule has 7 heteroatoms. The first-order valence-corrected chi connectivity index (χ1v) is 10.9. The minimum atomic E-state index is -0.0704. The number of halogens is 1. The van der Waals surface area contributed by atoms with E-state index >= 15 is 0 Å². The number of carbonyl (C=O) groups is 1.